The van der Waals surface area contributed by atoms with Gasteiger partial charge in [-0.25, -0.2) is 4.98 Å². The van der Waals surface area contributed by atoms with Crippen molar-refractivity contribution >= 4 is 11.3 Å². The Bertz CT molecular complexity index is 567. The second kappa shape index (κ2) is 5.55. The van der Waals surface area contributed by atoms with E-state index in [0.29, 0.717) is 6.04 Å². The van der Waals surface area contributed by atoms with Gasteiger partial charge in [-0.05, 0) is 25.5 Å². The van der Waals surface area contributed by atoms with Crippen LogP contribution in [0.25, 0.3) is 0 Å². The Hall–Kier alpha value is -1.64. The summed E-state index contributed by atoms with van der Waals surface area (Å²) in [5.41, 5.74) is 0.783. The molecule has 0 radical (unpaired) electrons. The molecular weight excluding hydrogens is 256 g/mol. The molecule has 2 aromatic rings. The average molecular weight is 272 g/mol. The summed E-state index contributed by atoms with van der Waals surface area (Å²) in [4.78, 5) is 7.91. The topological polar surface area (TPSA) is 44.9 Å². The third-order valence-corrected chi connectivity index (χ3v) is 4.54. The molecule has 1 unspecified atom stereocenters. The molecule has 2 aromatic heterocycles. The number of thiophene rings is 1. The highest BCUT2D eigenvalue weighted by molar-refractivity contribution is 7.10. The fourth-order valence-corrected chi connectivity index (χ4v) is 3.50. The lowest BCUT2D eigenvalue weighted by molar-refractivity contribution is 0.226. The van der Waals surface area contributed by atoms with Crippen LogP contribution >= 0.6 is 11.3 Å². The van der Waals surface area contributed by atoms with Gasteiger partial charge in [0.2, 0.25) is 0 Å². The van der Waals surface area contributed by atoms with Crippen LogP contribution in [-0.4, -0.2) is 27.0 Å². The Morgan fingerprint density at radius 1 is 1.53 bits per heavy atom. The highest BCUT2D eigenvalue weighted by Gasteiger charge is 2.25. The van der Waals surface area contributed by atoms with Gasteiger partial charge in [0, 0.05) is 41.8 Å². The summed E-state index contributed by atoms with van der Waals surface area (Å²) in [5.74, 6) is 0. The van der Waals surface area contributed by atoms with E-state index in [1.54, 1.807) is 11.3 Å². The molecule has 0 aromatic carbocycles. The first-order chi connectivity index (χ1) is 9.35. The summed E-state index contributed by atoms with van der Waals surface area (Å²) in [7, 11) is 0. The van der Waals surface area contributed by atoms with Crippen molar-refractivity contribution in [1.82, 2.24) is 14.5 Å². The molecule has 1 saturated heterocycles. The maximum Gasteiger partial charge on any atom is 0.100 e. The van der Waals surface area contributed by atoms with Gasteiger partial charge in [-0.1, -0.05) is 0 Å². The van der Waals surface area contributed by atoms with Crippen molar-refractivity contribution in [2.75, 3.05) is 6.54 Å². The molecule has 1 aliphatic heterocycles. The van der Waals surface area contributed by atoms with Crippen LogP contribution in [0.15, 0.2) is 30.2 Å². The van der Waals surface area contributed by atoms with E-state index in [1.165, 1.54) is 17.7 Å². The van der Waals surface area contributed by atoms with Crippen LogP contribution in [0.3, 0.4) is 0 Å². The van der Waals surface area contributed by atoms with Crippen LogP contribution in [0.5, 0.6) is 0 Å². The van der Waals surface area contributed by atoms with E-state index in [4.69, 9.17) is 5.26 Å². The molecule has 5 heteroatoms. The predicted octanol–water partition coefficient (Wildman–Crippen LogP) is 2.48. The molecule has 0 saturated carbocycles. The summed E-state index contributed by atoms with van der Waals surface area (Å²) in [6, 6.07) is 4.80. The largest absolute Gasteiger partial charge is 0.336 e. The average Bonchev–Trinajstić information content (AvgIpc) is 3.14. The van der Waals surface area contributed by atoms with Crippen molar-refractivity contribution in [3.8, 4) is 6.07 Å². The number of likely N-dealkylation sites (tertiary alicyclic amines) is 1. The summed E-state index contributed by atoms with van der Waals surface area (Å²) >= 11 is 1.69. The van der Waals surface area contributed by atoms with Gasteiger partial charge < -0.3 is 4.57 Å². The SMILES string of the molecule is N#Cc1csc(CN2CCCC2Cn2ccnc2)c1. The van der Waals surface area contributed by atoms with Crippen LogP contribution in [-0.2, 0) is 13.1 Å². The molecule has 3 heterocycles. The molecule has 0 amide bonds. The van der Waals surface area contributed by atoms with Gasteiger partial charge in [0.15, 0.2) is 0 Å². The zero-order valence-corrected chi connectivity index (χ0v) is 11.5. The van der Waals surface area contributed by atoms with Gasteiger partial charge in [0.25, 0.3) is 0 Å². The van der Waals surface area contributed by atoms with E-state index in [1.807, 2.05) is 30.2 Å². The second-order valence-electron chi connectivity index (χ2n) is 4.94. The lowest BCUT2D eigenvalue weighted by Crippen LogP contribution is -2.31. The molecule has 4 nitrogen and oxygen atoms in total. The molecule has 3 rings (SSSR count). The molecule has 0 spiro atoms. The first-order valence-corrected chi connectivity index (χ1v) is 7.40. The number of hydrogen-bond donors (Lipinski definition) is 0. The Morgan fingerprint density at radius 2 is 2.47 bits per heavy atom. The minimum Gasteiger partial charge on any atom is -0.336 e. The molecule has 1 atom stereocenters. The number of hydrogen-bond acceptors (Lipinski definition) is 4. The number of nitrogens with zero attached hydrogens (tertiary/aromatic N) is 4. The third-order valence-electron chi connectivity index (χ3n) is 3.62. The van der Waals surface area contributed by atoms with Crippen molar-refractivity contribution < 1.29 is 0 Å². The minimum absolute atomic E-state index is 0.585. The van der Waals surface area contributed by atoms with Gasteiger partial charge in [-0.15, -0.1) is 11.3 Å². The van der Waals surface area contributed by atoms with E-state index in [0.717, 1.165) is 25.2 Å². The summed E-state index contributed by atoms with van der Waals surface area (Å²) in [6.07, 6.45) is 8.24. The summed E-state index contributed by atoms with van der Waals surface area (Å²) in [6.45, 7) is 3.13. The molecule has 1 fully saturated rings. The lowest BCUT2D eigenvalue weighted by Gasteiger charge is -2.24. The first kappa shape index (κ1) is 12.4. The number of aromatic nitrogens is 2. The van der Waals surface area contributed by atoms with Crippen LogP contribution in [0, 0.1) is 11.3 Å². The third kappa shape index (κ3) is 2.86. The molecule has 0 bridgehead atoms. The lowest BCUT2D eigenvalue weighted by atomic mass is 10.2. The quantitative estimate of drug-likeness (QED) is 0.859. The molecular formula is C14H16N4S. The first-order valence-electron chi connectivity index (χ1n) is 6.52. The second-order valence-corrected chi connectivity index (χ2v) is 5.94. The molecule has 1 aliphatic rings. The zero-order valence-electron chi connectivity index (χ0n) is 10.7. The van der Waals surface area contributed by atoms with Gasteiger partial charge in [0.1, 0.15) is 6.07 Å². The van der Waals surface area contributed by atoms with Crippen molar-refractivity contribution in [2.24, 2.45) is 0 Å². The van der Waals surface area contributed by atoms with Crippen molar-refractivity contribution in [3.63, 3.8) is 0 Å². The van der Waals surface area contributed by atoms with E-state index in [2.05, 4.69) is 20.5 Å². The smallest absolute Gasteiger partial charge is 0.100 e. The highest BCUT2D eigenvalue weighted by atomic mass is 32.1. The molecule has 98 valence electrons. The van der Waals surface area contributed by atoms with Crippen molar-refractivity contribution in [2.45, 2.75) is 32.0 Å². The number of nitriles is 1. The number of imidazole rings is 1. The standard InChI is InChI=1S/C14H16N4S/c15-7-12-6-14(19-10-12)9-18-4-1-2-13(18)8-17-5-3-16-11-17/h3,5-6,10-11,13H,1-2,4,8-9H2. The predicted molar refractivity (Wildman–Crippen MR) is 74.7 cm³/mol. The van der Waals surface area contributed by atoms with Gasteiger partial charge in [-0.3, -0.25) is 4.90 Å². The van der Waals surface area contributed by atoms with Gasteiger partial charge in [-0.2, -0.15) is 5.26 Å². The van der Waals surface area contributed by atoms with Crippen LogP contribution < -0.4 is 0 Å². The van der Waals surface area contributed by atoms with Gasteiger partial charge >= 0.3 is 0 Å². The van der Waals surface area contributed by atoms with E-state index in [-0.39, 0.29) is 0 Å². The maximum atomic E-state index is 8.87. The summed E-state index contributed by atoms with van der Waals surface area (Å²) < 4.78 is 2.15. The fraction of sp³-hybridized carbons (Fsp3) is 0.429. The monoisotopic (exact) mass is 272 g/mol. The van der Waals surface area contributed by atoms with Crippen LogP contribution in [0.2, 0.25) is 0 Å². The van der Waals surface area contributed by atoms with Crippen molar-refractivity contribution in [1.29, 1.82) is 5.26 Å². The zero-order chi connectivity index (χ0) is 13.1. The van der Waals surface area contributed by atoms with Gasteiger partial charge in [0.05, 0.1) is 11.9 Å². The van der Waals surface area contributed by atoms with Crippen molar-refractivity contribution in [3.05, 3.63) is 40.6 Å². The minimum atomic E-state index is 0.585. The molecule has 0 aliphatic carbocycles. The Labute approximate surface area is 116 Å². The Morgan fingerprint density at radius 3 is 3.21 bits per heavy atom. The Kier molecular flexibility index (Phi) is 3.62. The van der Waals surface area contributed by atoms with Crippen LogP contribution in [0.1, 0.15) is 23.3 Å². The van der Waals surface area contributed by atoms with E-state index >= 15 is 0 Å². The summed E-state index contributed by atoms with van der Waals surface area (Å²) in [5, 5.41) is 10.8. The molecule has 0 N–H and O–H groups in total. The van der Waals surface area contributed by atoms with E-state index < -0.39 is 0 Å². The highest BCUT2D eigenvalue weighted by Crippen LogP contribution is 2.24. The maximum absolute atomic E-state index is 8.87. The normalized spacial score (nSPS) is 19.6. The fourth-order valence-electron chi connectivity index (χ4n) is 2.67. The van der Waals surface area contributed by atoms with Crippen LogP contribution in [0.4, 0.5) is 0 Å². The molecule has 19 heavy (non-hydrogen) atoms. The van der Waals surface area contributed by atoms with E-state index in [9.17, 15) is 0 Å². The number of rotatable bonds is 4. The Balaban J connectivity index is 1.64.